The maximum atomic E-state index is 12.1. The summed E-state index contributed by atoms with van der Waals surface area (Å²) in [6, 6.07) is 0. The van der Waals surface area contributed by atoms with E-state index >= 15 is 0 Å². The predicted octanol–water partition coefficient (Wildman–Crippen LogP) is -0.220. The minimum atomic E-state index is -1.54. The predicted molar refractivity (Wildman–Crippen MR) is 57.6 cm³/mol. The molecule has 2 N–H and O–H groups in total. The van der Waals surface area contributed by atoms with Gasteiger partial charge in [-0.05, 0) is 20.3 Å². The molecule has 0 aromatic carbocycles. The fraction of sp³-hybridized carbons (Fsp3) is 0.800. The topological polar surface area (TPSA) is 72.9 Å². The summed E-state index contributed by atoms with van der Waals surface area (Å²) in [7, 11) is 3.24. The van der Waals surface area contributed by atoms with E-state index in [0.29, 0.717) is 0 Å². The average molecular weight is 229 g/mol. The van der Waals surface area contributed by atoms with Crippen LogP contribution in [0.15, 0.2) is 0 Å². The standard InChI is InChI=1S/C10H19N3O3/c1-6-10(11-16)7(14)12(4)9(2,3)13(5)8(10)15/h11,16H,6H2,1-5H3. The van der Waals surface area contributed by atoms with E-state index in [4.69, 9.17) is 5.21 Å². The number of hydrogen-bond acceptors (Lipinski definition) is 4. The Hall–Kier alpha value is -1.14. The molecule has 2 amide bonds. The van der Waals surface area contributed by atoms with Crippen molar-refractivity contribution < 1.29 is 14.8 Å². The van der Waals surface area contributed by atoms with Crippen LogP contribution in [0.25, 0.3) is 0 Å². The van der Waals surface area contributed by atoms with Gasteiger partial charge in [0.05, 0.1) is 0 Å². The molecule has 1 saturated heterocycles. The van der Waals surface area contributed by atoms with E-state index in [0.717, 1.165) is 0 Å². The van der Waals surface area contributed by atoms with Crippen molar-refractivity contribution in [1.82, 2.24) is 15.3 Å². The van der Waals surface area contributed by atoms with Crippen molar-refractivity contribution in [1.29, 1.82) is 0 Å². The highest BCUT2D eigenvalue weighted by molar-refractivity contribution is 6.11. The average Bonchev–Trinajstić information content (AvgIpc) is 2.27. The Balaban J connectivity index is 3.28. The second-order valence-electron chi connectivity index (χ2n) is 4.59. The number of nitrogens with one attached hydrogen (secondary N) is 1. The second-order valence-corrected chi connectivity index (χ2v) is 4.59. The zero-order chi connectivity index (χ0) is 12.7. The van der Waals surface area contributed by atoms with Gasteiger partial charge in [-0.15, -0.1) is 0 Å². The summed E-state index contributed by atoms with van der Waals surface area (Å²) in [6.07, 6.45) is 0.200. The van der Waals surface area contributed by atoms with Gasteiger partial charge in [0.25, 0.3) is 11.8 Å². The largest absolute Gasteiger partial charge is 0.321 e. The quantitative estimate of drug-likeness (QED) is 0.507. The number of carbonyl (C=O) groups is 2. The Kier molecular flexibility index (Phi) is 3.00. The van der Waals surface area contributed by atoms with E-state index in [2.05, 4.69) is 0 Å². The Morgan fingerprint density at radius 1 is 1.19 bits per heavy atom. The molecule has 0 spiro atoms. The summed E-state index contributed by atoms with van der Waals surface area (Å²) < 4.78 is 0. The smallest absolute Gasteiger partial charge is 0.256 e. The van der Waals surface area contributed by atoms with Crippen LogP contribution in [0.4, 0.5) is 0 Å². The lowest BCUT2D eigenvalue weighted by molar-refractivity contribution is -0.182. The molecular weight excluding hydrogens is 210 g/mol. The molecule has 92 valence electrons. The molecular formula is C10H19N3O3. The fourth-order valence-corrected chi connectivity index (χ4v) is 1.86. The van der Waals surface area contributed by atoms with Gasteiger partial charge in [0.1, 0.15) is 5.66 Å². The minimum Gasteiger partial charge on any atom is -0.321 e. The normalized spacial score (nSPS) is 23.9. The third-order valence-corrected chi connectivity index (χ3v) is 3.70. The van der Waals surface area contributed by atoms with Gasteiger partial charge < -0.3 is 15.0 Å². The highest BCUT2D eigenvalue weighted by atomic mass is 16.5. The number of likely N-dealkylation sites (N-methyl/N-ethyl adjacent to an activating group) is 2. The summed E-state index contributed by atoms with van der Waals surface area (Å²) in [5, 5.41) is 9.14. The molecule has 0 atom stereocenters. The molecule has 0 saturated carbocycles. The maximum absolute atomic E-state index is 12.1. The first-order valence-corrected chi connectivity index (χ1v) is 5.23. The van der Waals surface area contributed by atoms with Crippen LogP contribution in [0.2, 0.25) is 0 Å². The van der Waals surface area contributed by atoms with Crippen molar-refractivity contribution in [3.8, 4) is 0 Å². The van der Waals surface area contributed by atoms with Crippen LogP contribution < -0.4 is 5.48 Å². The Labute approximate surface area is 95.2 Å². The highest BCUT2D eigenvalue weighted by Crippen LogP contribution is 2.31. The van der Waals surface area contributed by atoms with E-state index in [-0.39, 0.29) is 6.42 Å². The van der Waals surface area contributed by atoms with Crippen LogP contribution in [-0.2, 0) is 9.59 Å². The zero-order valence-corrected chi connectivity index (χ0v) is 10.4. The van der Waals surface area contributed by atoms with Gasteiger partial charge in [-0.1, -0.05) is 6.92 Å². The van der Waals surface area contributed by atoms with Gasteiger partial charge in [-0.2, -0.15) is 5.48 Å². The van der Waals surface area contributed by atoms with Gasteiger partial charge in [-0.25, -0.2) is 0 Å². The lowest BCUT2D eigenvalue weighted by Crippen LogP contribution is -2.76. The third-order valence-electron chi connectivity index (χ3n) is 3.70. The molecule has 6 heteroatoms. The highest BCUT2D eigenvalue weighted by Gasteiger charge is 2.57. The molecule has 0 aliphatic carbocycles. The Morgan fingerprint density at radius 2 is 1.56 bits per heavy atom. The monoisotopic (exact) mass is 229 g/mol. The molecule has 0 radical (unpaired) electrons. The first-order valence-electron chi connectivity index (χ1n) is 5.23. The molecule has 6 nitrogen and oxygen atoms in total. The zero-order valence-electron chi connectivity index (χ0n) is 10.4. The van der Waals surface area contributed by atoms with Crippen LogP contribution in [-0.4, -0.2) is 52.1 Å². The van der Waals surface area contributed by atoms with E-state index in [1.165, 1.54) is 9.80 Å². The first kappa shape index (κ1) is 12.9. The maximum Gasteiger partial charge on any atom is 0.256 e. The van der Waals surface area contributed by atoms with Crippen molar-refractivity contribution in [2.45, 2.75) is 38.4 Å². The molecule has 1 aliphatic heterocycles. The van der Waals surface area contributed by atoms with Crippen LogP contribution >= 0.6 is 0 Å². The van der Waals surface area contributed by atoms with Crippen molar-refractivity contribution >= 4 is 11.8 Å². The van der Waals surface area contributed by atoms with E-state index in [9.17, 15) is 9.59 Å². The van der Waals surface area contributed by atoms with Crippen LogP contribution in [0.1, 0.15) is 27.2 Å². The van der Waals surface area contributed by atoms with Crippen molar-refractivity contribution in [2.24, 2.45) is 0 Å². The van der Waals surface area contributed by atoms with Crippen LogP contribution in [0, 0.1) is 0 Å². The number of nitrogens with zero attached hydrogens (tertiary/aromatic N) is 2. The lowest BCUT2D eigenvalue weighted by Gasteiger charge is -2.52. The summed E-state index contributed by atoms with van der Waals surface area (Å²) in [5.41, 5.74) is -0.351. The van der Waals surface area contributed by atoms with Gasteiger partial charge in [0.2, 0.25) is 0 Å². The summed E-state index contributed by atoms with van der Waals surface area (Å²) in [6.45, 7) is 5.23. The van der Waals surface area contributed by atoms with Crippen molar-refractivity contribution in [3.05, 3.63) is 0 Å². The lowest BCUT2D eigenvalue weighted by atomic mass is 9.88. The van der Waals surface area contributed by atoms with Gasteiger partial charge in [0.15, 0.2) is 5.54 Å². The molecule has 0 aromatic rings. The Bertz CT molecular complexity index is 297. The summed E-state index contributed by atoms with van der Waals surface area (Å²) >= 11 is 0. The molecule has 1 heterocycles. The fourth-order valence-electron chi connectivity index (χ4n) is 1.86. The molecule has 1 fully saturated rings. The van der Waals surface area contributed by atoms with Crippen molar-refractivity contribution in [3.63, 3.8) is 0 Å². The van der Waals surface area contributed by atoms with Gasteiger partial charge >= 0.3 is 0 Å². The molecule has 16 heavy (non-hydrogen) atoms. The number of carbonyl (C=O) groups excluding carboxylic acids is 2. The van der Waals surface area contributed by atoms with Gasteiger partial charge in [-0.3, -0.25) is 9.59 Å². The number of rotatable bonds is 2. The van der Waals surface area contributed by atoms with Crippen molar-refractivity contribution in [2.75, 3.05) is 14.1 Å². The first-order chi connectivity index (χ1) is 7.25. The van der Waals surface area contributed by atoms with Crippen LogP contribution in [0.5, 0.6) is 0 Å². The summed E-state index contributed by atoms with van der Waals surface area (Å²) in [5.74, 6) is -0.823. The van der Waals surface area contributed by atoms with Gasteiger partial charge in [0, 0.05) is 14.1 Å². The molecule has 0 aromatic heterocycles. The summed E-state index contributed by atoms with van der Waals surface area (Å²) in [4.78, 5) is 27.2. The molecule has 1 aliphatic rings. The second kappa shape index (κ2) is 3.71. The molecule has 1 rings (SSSR count). The minimum absolute atomic E-state index is 0.200. The number of hydrogen-bond donors (Lipinski definition) is 2. The molecule has 0 bridgehead atoms. The van der Waals surface area contributed by atoms with Crippen LogP contribution in [0.3, 0.4) is 0 Å². The Morgan fingerprint density at radius 3 is 1.81 bits per heavy atom. The number of amides is 2. The SMILES string of the molecule is CCC1(NO)C(=O)N(C)C(C)(C)N(C)C1=O. The number of hydroxylamine groups is 1. The van der Waals surface area contributed by atoms with E-state index in [1.807, 2.05) is 5.48 Å². The molecule has 0 unspecified atom stereocenters. The van der Waals surface area contributed by atoms with E-state index < -0.39 is 23.0 Å². The third kappa shape index (κ3) is 1.33. The van der Waals surface area contributed by atoms with E-state index in [1.54, 1.807) is 34.9 Å².